The fourth-order valence-electron chi connectivity index (χ4n) is 1.20. The molecule has 6 heteroatoms. The largest absolute Gasteiger partial charge is 0.468 e. The topological polar surface area (TPSA) is 90.6 Å². The maximum absolute atomic E-state index is 11.3. The van der Waals surface area contributed by atoms with E-state index in [0.717, 1.165) is 5.56 Å². The van der Waals surface area contributed by atoms with Crippen LogP contribution in [-0.4, -0.2) is 31.8 Å². The van der Waals surface area contributed by atoms with Crippen LogP contribution in [0.25, 0.3) is 0 Å². The number of hydrogen-bond acceptors (Lipinski definition) is 5. The van der Waals surface area contributed by atoms with Crippen LogP contribution in [0.1, 0.15) is 5.56 Å². The Morgan fingerprint density at radius 3 is 2.61 bits per heavy atom. The molecule has 0 bridgehead atoms. The van der Waals surface area contributed by atoms with Crippen molar-refractivity contribution in [2.45, 2.75) is 12.6 Å². The predicted octanol–water partition coefficient (Wildman–Crippen LogP) is 0.413. The highest BCUT2D eigenvalue weighted by atomic mass is 16.5. The van der Waals surface area contributed by atoms with Gasteiger partial charge in [-0.3, -0.25) is 4.79 Å². The molecule has 0 aromatic heterocycles. The number of ether oxygens (including phenoxy) is 2. The van der Waals surface area contributed by atoms with Crippen LogP contribution in [0, 0.1) is 0 Å². The lowest BCUT2D eigenvalue weighted by Crippen LogP contribution is -2.43. The molecule has 18 heavy (non-hydrogen) atoms. The van der Waals surface area contributed by atoms with Gasteiger partial charge in [-0.15, -0.1) is 0 Å². The van der Waals surface area contributed by atoms with Crippen LogP contribution in [0.5, 0.6) is 0 Å². The van der Waals surface area contributed by atoms with Crippen molar-refractivity contribution in [1.82, 2.24) is 5.32 Å². The van der Waals surface area contributed by atoms with Gasteiger partial charge in [0.1, 0.15) is 12.6 Å². The molecule has 0 saturated heterocycles. The summed E-state index contributed by atoms with van der Waals surface area (Å²) in [4.78, 5) is 22.3. The molecule has 0 fully saturated rings. The van der Waals surface area contributed by atoms with E-state index in [1.165, 1.54) is 7.11 Å². The molecule has 98 valence electrons. The second-order valence-electron chi connectivity index (χ2n) is 3.57. The molecule has 6 nitrogen and oxygen atoms in total. The van der Waals surface area contributed by atoms with Gasteiger partial charge < -0.3 is 20.5 Å². The monoisotopic (exact) mass is 252 g/mol. The van der Waals surface area contributed by atoms with Gasteiger partial charge in [-0.1, -0.05) is 30.3 Å². The Labute approximate surface area is 105 Å². The number of esters is 1. The first-order valence-corrected chi connectivity index (χ1v) is 5.41. The van der Waals surface area contributed by atoms with Crippen LogP contribution in [0.3, 0.4) is 0 Å². The molecule has 0 aliphatic rings. The van der Waals surface area contributed by atoms with Crippen LogP contribution >= 0.6 is 0 Å². The first-order chi connectivity index (χ1) is 8.63. The molecule has 1 rings (SSSR count). The summed E-state index contributed by atoms with van der Waals surface area (Å²) >= 11 is 0. The number of carbonyl (C=O) groups excluding carboxylic acids is 2. The van der Waals surface area contributed by atoms with Crippen molar-refractivity contribution in [3.05, 3.63) is 35.9 Å². The quantitative estimate of drug-likeness (QED) is 0.741. The third-order valence-electron chi connectivity index (χ3n) is 2.18. The molecule has 1 atom stereocenters. The van der Waals surface area contributed by atoms with Crippen molar-refractivity contribution in [3.8, 4) is 0 Å². The number of rotatable bonds is 5. The first kappa shape index (κ1) is 14.0. The van der Waals surface area contributed by atoms with E-state index >= 15 is 0 Å². The highest BCUT2D eigenvalue weighted by Crippen LogP contribution is 2.00. The Morgan fingerprint density at radius 2 is 2.00 bits per heavy atom. The van der Waals surface area contributed by atoms with Gasteiger partial charge in [0, 0.05) is 6.54 Å². The fraction of sp³-hybridized carbons (Fsp3) is 0.333. The van der Waals surface area contributed by atoms with E-state index < -0.39 is 18.1 Å². The number of carbonyl (C=O) groups is 2. The van der Waals surface area contributed by atoms with Crippen LogP contribution in [0.15, 0.2) is 30.3 Å². The van der Waals surface area contributed by atoms with Crippen LogP contribution in [0.4, 0.5) is 4.79 Å². The lowest BCUT2D eigenvalue weighted by molar-refractivity contribution is -0.141. The number of amides is 1. The summed E-state index contributed by atoms with van der Waals surface area (Å²) in [6.45, 7) is 0.139. The number of nitrogens with two attached hydrogens (primary N) is 1. The Hall–Kier alpha value is -2.08. The zero-order chi connectivity index (χ0) is 13.4. The van der Waals surface area contributed by atoms with Crippen molar-refractivity contribution < 1.29 is 19.1 Å². The number of hydrogen-bond donors (Lipinski definition) is 2. The van der Waals surface area contributed by atoms with E-state index in [2.05, 4.69) is 10.1 Å². The van der Waals surface area contributed by atoms with E-state index in [1.54, 1.807) is 0 Å². The van der Waals surface area contributed by atoms with Gasteiger partial charge in [0.2, 0.25) is 0 Å². The zero-order valence-corrected chi connectivity index (χ0v) is 10.1. The van der Waals surface area contributed by atoms with Gasteiger partial charge in [-0.05, 0) is 5.56 Å². The smallest absolute Gasteiger partial charge is 0.407 e. The molecule has 1 amide bonds. The third-order valence-corrected chi connectivity index (χ3v) is 2.18. The summed E-state index contributed by atoms with van der Waals surface area (Å²) in [5, 5.41) is 2.38. The van der Waals surface area contributed by atoms with Crippen LogP contribution in [-0.2, 0) is 20.9 Å². The van der Waals surface area contributed by atoms with Crippen molar-refractivity contribution in [2.75, 3.05) is 13.7 Å². The molecule has 0 unspecified atom stereocenters. The van der Waals surface area contributed by atoms with E-state index in [4.69, 9.17) is 10.5 Å². The van der Waals surface area contributed by atoms with E-state index in [0.29, 0.717) is 0 Å². The molecule has 0 spiro atoms. The van der Waals surface area contributed by atoms with Gasteiger partial charge in [0.25, 0.3) is 0 Å². The predicted molar refractivity (Wildman–Crippen MR) is 64.6 cm³/mol. The second-order valence-corrected chi connectivity index (χ2v) is 3.57. The number of alkyl carbamates (subject to hydrolysis) is 1. The van der Waals surface area contributed by atoms with Gasteiger partial charge in [-0.2, -0.15) is 0 Å². The molecule has 1 aromatic carbocycles. The van der Waals surface area contributed by atoms with Crippen molar-refractivity contribution in [3.63, 3.8) is 0 Å². The maximum Gasteiger partial charge on any atom is 0.407 e. The number of benzene rings is 1. The number of nitrogens with one attached hydrogen (secondary N) is 1. The Morgan fingerprint density at radius 1 is 1.33 bits per heavy atom. The van der Waals surface area contributed by atoms with Crippen molar-refractivity contribution in [1.29, 1.82) is 0 Å². The van der Waals surface area contributed by atoms with E-state index in [-0.39, 0.29) is 13.2 Å². The Balaban J connectivity index is 2.24. The molecule has 1 aromatic rings. The average molecular weight is 252 g/mol. The van der Waals surface area contributed by atoms with Gasteiger partial charge in [0.05, 0.1) is 7.11 Å². The number of methoxy groups -OCH3 is 1. The summed E-state index contributed by atoms with van der Waals surface area (Å²) in [6, 6.07) is 8.37. The summed E-state index contributed by atoms with van der Waals surface area (Å²) in [7, 11) is 1.23. The molecular formula is C12H16N2O4. The van der Waals surface area contributed by atoms with Crippen molar-refractivity contribution in [2.24, 2.45) is 5.73 Å². The first-order valence-electron chi connectivity index (χ1n) is 5.41. The molecular weight excluding hydrogens is 236 g/mol. The normalized spacial score (nSPS) is 11.4. The fourth-order valence-corrected chi connectivity index (χ4v) is 1.20. The Bertz CT molecular complexity index is 394. The van der Waals surface area contributed by atoms with Gasteiger partial charge in [-0.25, -0.2) is 4.79 Å². The lowest BCUT2D eigenvalue weighted by atomic mass is 10.2. The molecule has 0 heterocycles. The molecule has 0 aliphatic carbocycles. The summed E-state index contributed by atoms with van der Waals surface area (Å²) < 4.78 is 9.35. The van der Waals surface area contributed by atoms with E-state index in [1.807, 2.05) is 30.3 Å². The molecule has 0 aliphatic heterocycles. The minimum atomic E-state index is -0.890. The Kier molecular flexibility index (Phi) is 5.66. The molecule has 3 N–H and O–H groups in total. The van der Waals surface area contributed by atoms with Crippen LogP contribution in [0.2, 0.25) is 0 Å². The van der Waals surface area contributed by atoms with Gasteiger partial charge in [0.15, 0.2) is 0 Å². The van der Waals surface area contributed by atoms with E-state index in [9.17, 15) is 9.59 Å². The highest BCUT2D eigenvalue weighted by molar-refractivity contribution is 5.76. The average Bonchev–Trinajstić information content (AvgIpc) is 2.42. The molecule has 0 radical (unpaired) electrons. The van der Waals surface area contributed by atoms with Gasteiger partial charge >= 0.3 is 12.1 Å². The zero-order valence-electron chi connectivity index (χ0n) is 10.1. The summed E-state index contributed by atoms with van der Waals surface area (Å²) in [5.74, 6) is -0.585. The summed E-state index contributed by atoms with van der Waals surface area (Å²) in [6.07, 6.45) is -0.627. The third kappa shape index (κ3) is 4.84. The lowest BCUT2D eigenvalue weighted by Gasteiger charge is -2.10. The maximum atomic E-state index is 11.3. The highest BCUT2D eigenvalue weighted by Gasteiger charge is 2.14. The van der Waals surface area contributed by atoms with Crippen molar-refractivity contribution >= 4 is 12.1 Å². The minimum absolute atomic E-state index is 0.0275. The SMILES string of the molecule is COC(=O)[C@@H](N)CNC(=O)OCc1ccccc1. The minimum Gasteiger partial charge on any atom is -0.468 e. The second kappa shape index (κ2) is 7.29. The summed E-state index contributed by atoms with van der Waals surface area (Å²) in [5.41, 5.74) is 6.32. The molecule has 0 saturated carbocycles. The van der Waals surface area contributed by atoms with Crippen LogP contribution < -0.4 is 11.1 Å². The standard InChI is InChI=1S/C12H16N2O4/c1-17-11(15)10(13)7-14-12(16)18-8-9-5-3-2-4-6-9/h2-6,10H,7-8,13H2,1H3,(H,14,16)/t10-/m0/s1.